The van der Waals surface area contributed by atoms with Gasteiger partial charge in [0, 0.05) is 7.11 Å². The number of ether oxygens (including phenoxy) is 2. The van der Waals surface area contributed by atoms with E-state index in [0.717, 1.165) is 0 Å². The molecule has 0 unspecified atom stereocenters. The van der Waals surface area contributed by atoms with Gasteiger partial charge in [-0.3, -0.25) is 9.59 Å². The number of amides is 2. The Hall–Kier alpha value is -1.92. The number of methoxy groups -OCH3 is 1. The lowest BCUT2D eigenvalue weighted by Crippen LogP contribution is -2.47. The predicted molar refractivity (Wildman–Crippen MR) is 69.0 cm³/mol. The Labute approximate surface area is 111 Å². The molecule has 1 atom stereocenters. The van der Waals surface area contributed by atoms with Crippen LogP contribution in [-0.2, 0) is 24.7 Å². The molecule has 3 N–H and O–H groups in total. The fourth-order valence-corrected chi connectivity index (χ4v) is 1.55. The standard InChI is InChI=1S/C13H18N2O4/c1-13(19-9-18-2,10-6-4-3-5-7-10)12(17)15-8-11(14)16/h3-7H,8-9H2,1-2H3,(H2,14,16)(H,15,17)/t13-/m1/s1. The average molecular weight is 266 g/mol. The highest BCUT2D eigenvalue weighted by Gasteiger charge is 2.36. The van der Waals surface area contributed by atoms with Gasteiger partial charge in [-0.2, -0.15) is 0 Å². The van der Waals surface area contributed by atoms with Gasteiger partial charge in [-0.1, -0.05) is 30.3 Å². The molecule has 1 rings (SSSR count). The molecule has 0 aliphatic rings. The summed E-state index contributed by atoms with van der Waals surface area (Å²) >= 11 is 0. The molecule has 0 radical (unpaired) electrons. The van der Waals surface area contributed by atoms with Gasteiger partial charge >= 0.3 is 0 Å². The number of benzene rings is 1. The van der Waals surface area contributed by atoms with Crippen molar-refractivity contribution in [2.24, 2.45) is 5.73 Å². The van der Waals surface area contributed by atoms with Crippen molar-refractivity contribution in [1.29, 1.82) is 0 Å². The van der Waals surface area contributed by atoms with Crippen LogP contribution in [0.15, 0.2) is 30.3 Å². The minimum Gasteiger partial charge on any atom is -0.368 e. The van der Waals surface area contributed by atoms with Gasteiger partial charge in [0.1, 0.15) is 6.79 Å². The molecule has 0 saturated carbocycles. The second kappa shape index (κ2) is 6.86. The SMILES string of the molecule is COCO[C@@](C)(C(=O)NCC(N)=O)c1ccccc1. The van der Waals surface area contributed by atoms with Crippen LogP contribution in [0.5, 0.6) is 0 Å². The molecule has 19 heavy (non-hydrogen) atoms. The number of nitrogens with two attached hydrogens (primary N) is 1. The Balaban J connectivity index is 2.92. The van der Waals surface area contributed by atoms with E-state index in [1.807, 2.05) is 6.07 Å². The quantitative estimate of drug-likeness (QED) is 0.686. The second-order valence-corrected chi connectivity index (χ2v) is 4.10. The fraction of sp³-hybridized carbons (Fsp3) is 0.385. The number of hydrogen-bond donors (Lipinski definition) is 2. The first-order valence-corrected chi connectivity index (χ1v) is 5.75. The van der Waals surface area contributed by atoms with Crippen LogP contribution in [0.1, 0.15) is 12.5 Å². The van der Waals surface area contributed by atoms with Crippen molar-refractivity contribution >= 4 is 11.8 Å². The summed E-state index contributed by atoms with van der Waals surface area (Å²) in [6.07, 6.45) is 0. The van der Waals surface area contributed by atoms with Gasteiger partial charge in [0.25, 0.3) is 5.91 Å². The van der Waals surface area contributed by atoms with Gasteiger partial charge in [0.2, 0.25) is 5.91 Å². The fourth-order valence-electron chi connectivity index (χ4n) is 1.55. The van der Waals surface area contributed by atoms with Crippen LogP contribution < -0.4 is 11.1 Å². The maximum absolute atomic E-state index is 12.2. The van der Waals surface area contributed by atoms with Crippen LogP contribution in [-0.4, -0.2) is 32.3 Å². The highest BCUT2D eigenvalue weighted by Crippen LogP contribution is 2.25. The van der Waals surface area contributed by atoms with E-state index in [0.29, 0.717) is 5.56 Å². The van der Waals surface area contributed by atoms with E-state index in [1.54, 1.807) is 31.2 Å². The minimum absolute atomic E-state index is 0.0462. The Morgan fingerprint density at radius 2 is 1.95 bits per heavy atom. The Bertz CT molecular complexity index is 436. The second-order valence-electron chi connectivity index (χ2n) is 4.10. The zero-order chi connectivity index (χ0) is 14.3. The summed E-state index contributed by atoms with van der Waals surface area (Å²) in [4.78, 5) is 22.9. The van der Waals surface area contributed by atoms with Gasteiger partial charge < -0.3 is 20.5 Å². The van der Waals surface area contributed by atoms with E-state index >= 15 is 0 Å². The van der Waals surface area contributed by atoms with Crippen molar-refractivity contribution in [3.05, 3.63) is 35.9 Å². The van der Waals surface area contributed by atoms with E-state index in [1.165, 1.54) is 7.11 Å². The molecule has 1 aromatic carbocycles. The average Bonchev–Trinajstić information content (AvgIpc) is 2.43. The number of nitrogens with one attached hydrogen (secondary N) is 1. The maximum Gasteiger partial charge on any atom is 0.257 e. The lowest BCUT2D eigenvalue weighted by Gasteiger charge is -2.28. The molecule has 0 aliphatic carbocycles. The molecule has 0 spiro atoms. The normalized spacial score (nSPS) is 13.6. The Morgan fingerprint density at radius 1 is 1.32 bits per heavy atom. The molecule has 0 bridgehead atoms. The largest absolute Gasteiger partial charge is 0.368 e. The minimum atomic E-state index is -1.24. The molecular formula is C13H18N2O4. The third-order valence-electron chi connectivity index (χ3n) is 2.65. The van der Waals surface area contributed by atoms with E-state index in [4.69, 9.17) is 15.2 Å². The number of rotatable bonds is 7. The third-order valence-corrected chi connectivity index (χ3v) is 2.65. The van der Waals surface area contributed by atoms with Gasteiger partial charge in [0.15, 0.2) is 5.60 Å². The molecule has 0 aliphatic heterocycles. The molecular weight excluding hydrogens is 248 g/mol. The number of carbonyl (C=O) groups excluding carboxylic acids is 2. The van der Waals surface area contributed by atoms with E-state index in [-0.39, 0.29) is 13.3 Å². The van der Waals surface area contributed by atoms with Gasteiger partial charge in [0.05, 0.1) is 6.54 Å². The zero-order valence-corrected chi connectivity index (χ0v) is 11.0. The van der Waals surface area contributed by atoms with Crippen LogP contribution in [0.4, 0.5) is 0 Å². The summed E-state index contributed by atoms with van der Waals surface area (Å²) in [5.74, 6) is -1.06. The molecule has 0 aromatic heterocycles. The molecule has 2 amide bonds. The topological polar surface area (TPSA) is 90.7 Å². The molecule has 1 aromatic rings. The first-order valence-electron chi connectivity index (χ1n) is 5.75. The van der Waals surface area contributed by atoms with Gasteiger partial charge in [-0.15, -0.1) is 0 Å². The van der Waals surface area contributed by atoms with Crippen molar-refractivity contribution in [2.45, 2.75) is 12.5 Å². The van der Waals surface area contributed by atoms with Crippen molar-refractivity contribution in [1.82, 2.24) is 5.32 Å². The van der Waals surface area contributed by atoms with Crippen LogP contribution in [0, 0.1) is 0 Å². The first kappa shape index (κ1) is 15.1. The highest BCUT2D eigenvalue weighted by molar-refractivity contribution is 5.89. The van der Waals surface area contributed by atoms with E-state index < -0.39 is 17.4 Å². The van der Waals surface area contributed by atoms with Crippen LogP contribution in [0.25, 0.3) is 0 Å². The number of primary amides is 1. The maximum atomic E-state index is 12.2. The van der Waals surface area contributed by atoms with Crippen molar-refractivity contribution < 1.29 is 19.1 Å². The van der Waals surface area contributed by atoms with Crippen LogP contribution in [0.3, 0.4) is 0 Å². The summed E-state index contributed by atoms with van der Waals surface area (Å²) < 4.78 is 10.3. The summed E-state index contributed by atoms with van der Waals surface area (Å²) in [6, 6.07) is 8.96. The van der Waals surface area contributed by atoms with Crippen molar-refractivity contribution in [2.75, 3.05) is 20.4 Å². The Kier molecular flexibility index (Phi) is 5.47. The molecule has 0 heterocycles. The summed E-state index contributed by atoms with van der Waals surface area (Å²) in [6.45, 7) is 1.32. The molecule has 6 nitrogen and oxygen atoms in total. The number of carbonyl (C=O) groups is 2. The molecule has 104 valence electrons. The van der Waals surface area contributed by atoms with Gasteiger partial charge in [-0.05, 0) is 12.5 Å². The van der Waals surface area contributed by atoms with Crippen molar-refractivity contribution in [3.8, 4) is 0 Å². The lowest BCUT2D eigenvalue weighted by atomic mass is 9.95. The lowest BCUT2D eigenvalue weighted by molar-refractivity contribution is -0.164. The summed E-state index contributed by atoms with van der Waals surface area (Å²) in [5, 5.41) is 2.44. The zero-order valence-electron chi connectivity index (χ0n) is 11.0. The molecule has 6 heteroatoms. The van der Waals surface area contributed by atoms with Crippen LogP contribution in [0.2, 0.25) is 0 Å². The van der Waals surface area contributed by atoms with E-state index in [9.17, 15) is 9.59 Å². The molecule has 0 fully saturated rings. The first-order chi connectivity index (χ1) is 9.00. The monoisotopic (exact) mass is 266 g/mol. The summed E-state index contributed by atoms with van der Waals surface area (Å²) in [7, 11) is 1.47. The Morgan fingerprint density at radius 3 is 2.47 bits per heavy atom. The smallest absolute Gasteiger partial charge is 0.257 e. The molecule has 0 saturated heterocycles. The third kappa shape index (κ3) is 4.04. The predicted octanol–water partition coefficient (Wildman–Crippen LogP) is 0.124. The van der Waals surface area contributed by atoms with Crippen molar-refractivity contribution in [3.63, 3.8) is 0 Å². The number of hydrogen-bond acceptors (Lipinski definition) is 4. The van der Waals surface area contributed by atoms with Crippen LogP contribution >= 0.6 is 0 Å². The van der Waals surface area contributed by atoms with E-state index in [2.05, 4.69) is 5.32 Å². The summed E-state index contributed by atoms with van der Waals surface area (Å²) in [5.41, 5.74) is 4.42. The van der Waals surface area contributed by atoms with Gasteiger partial charge in [-0.25, -0.2) is 0 Å². The highest BCUT2D eigenvalue weighted by atomic mass is 16.7.